The molecule has 0 bridgehead atoms. The summed E-state index contributed by atoms with van der Waals surface area (Å²) >= 11 is 1.38. The molecule has 16 heavy (non-hydrogen) atoms. The number of rotatable bonds is 3. The van der Waals surface area contributed by atoms with E-state index in [0.717, 1.165) is 22.3 Å². The van der Waals surface area contributed by atoms with Crippen molar-refractivity contribution >= 4 is 16.7 Å². The van der Waals surface area contributed by atoms with Gasteiger partial charge in [0.1, 0.15) is 5.82 Å². The normalized spacial score (nSPS) is 12.8. The summed E-state index contributed by atoms with van der Waals surface area (Å²) in [6.45, 7) is 8.02. The third-order valence-corrected chi connectivity index (χ3v) is 3.22. The molecule has 2 N–H and O–H groups in total. The van der Waals surface area contributed by atoms with Crippen molar-refractivity contribution in [3.05, 3.63) is 22.8 Å². The monoisotopic (exact) mass is 237 g/mol. The Morgan fingerprint density at radius 1 is 1.31 bits per heavy atom. The van der Waals surface area contributed by atoms with Gasteiger partial charge in [0.25, 0.3) is 0 Å². The zero-order valence-electron chi connectivity index (χ0n) is 9.83. The summed E-state index contributed by atoms with van der Waals surface area (Å²) in [5.74, 6) is 0.806. The summed E-state index contributed by atoms with van der Waals surface area (Å²) in [6.07, 6.45) is 0. The summed E-state index contributed by atoms with van der Waals surface area (Å²) in [7, 11) is 0. The van der Waals surface area contributed by atoms with E-state index in [1.807, 2.05) is 20.8 Å². The SMILES string of the molecule is Cc1nsc(NC(C)c2c(C)n[nH]c2C)n1. The number of anilines is 1. The summed E-state index contributed by atoms with van der Waals surface area (Å²) in [5, 5.41) is 11.4. The van der Waals surface area contributed by atoms with E-state index >= 15 is 0 Å². The molecule has 0 spiro atoms. The van der Waals surface area contributed by atoms with Crippen LogP contribution >= 0.6 is 11.5 Å². The highest BCUT2D eigenvalue weighted by Gasteiger charge is 2.15. The van der Waals surface area contributed by atoms with Gasteiger partial charge in [-0.2, -0.15) is 9.47 Å². The van der Waals surface area contributed by atoms with Crippen molar-refractivity contribution in [2.24, 2.45) is 0 Å². The largest absolute Gasteiger partial charge is 0.354 e. The van der Waals surface area contributed by atoms with Gasteiger partial charge in [0.05, 0.1) is 11.7 Å². The fraction of sp³-hybridized carbons (Fsp3) is 0.500. The second-order valence-electron chi connectivity index (χ2n) is 3.86. The molecule has 0 fully saturated rings. The van der Waals surface area contributed by atoms with Gasteiger partial charge in [0.15, 0.2) is 0 Å². The van der Waals surface area contributed by atoms with Crippen molar-refractivity contribution < 1.29 is 0 Å². The van der Waals surface area contributed by atoms with Gasteiger partial charge in [-0.3, -0.25) is 5.10 Å². The third-order valence-electron chi connectivity index (χ3n) is 2.49. The molecule has 2 aromatic rings. The topological polar surface area (TPSA) is 66.5 Å². The van der Waals surface area contributed by atoms with Crippen LogP contribution < -0.4 is 5.32 Å². The number of H-pyrrole nitrogens is 1. The molecule has 0 amide bonds. The van der Waals surface area contributed by atoms with Gasteiger partial charge in [-0.25, -0.2) is 4.98 Å². The van der Waals surface area contributed by atoms with Crippen molar-refractivity contribution in [2.45, 2.75) is 33.7 Å². The zero-order valence-corrected chi connectivity index (χ0v) is 10.6. The molecular formula is C10H15N5S. The molecule has 0 aliphatic rings. The highest BCUT2D eigenvalue weighted by molar-refractivity contribution is 7.09. The molecule has 2 heterocycles. The summed E-state index contributed by atoms with van der Waals surface area (Å²) in [5.41, 5.74) is 3.32. The lowest BCUT2D eigenvalue weighted by Crippen LogP contribution is -2.08. The summed E-state index contributed by atoms with van der Waals surface area (Å²) < 4.78 is 4.14. The Morgan fingerprint density at radius 2 is 2.06 bits per heavy atom. The van der Waals surface area contributed by atoms with E-state index < -0.39 is 0 Å². The number of hydrogen-bond donors (Lipinski definition) is 2. The minimum absolute atomic E-state index is 0.186. The second-order valence-corrected chi connectivity index (χ2v) is 4.61. The lowest BCUT2D eigenvalue weighted by atomic mass is 10.1. The van der Waals surface area contributed by atoms with Gasteiger partial charge in [0, 0.05) is 22.8 Å². The molecule has 2 aromatic heterocycles. The quantitative estimate of drug-likeness (QED) is 0.860. The van der Waals surface area contributed by atoms with Crippen LogP contribution in [0.4, 0.5) is 5.13 Å². The molecule has 0 saturated carbocycles. The van der Waals surface area contributed by atoms with E-state index in [1.165, 1.54) is 17.1 Å². The summed E-state index contributed by atoms with van der Waals surface area (Å²) in [6, 6.07) is 0.186. The number of aryl methyl sites for hydroxylation is 3. The molecule has 5 nitrogen and oxygen atoms in total. The number of nitrogens with one attached hydrogen (secondary N) is 2. The third kappa shape index (κ3) is 2.06. The Morgan fingerprint density at radius 3 is 2.56 bits per heavy atom. The first-order chi connectivity index (χ1) is 7.58. The second kappa shape index (κ2) is 4.21. The van der Waals surface area contributed by atoms with E-state index in [2.05, 4.69) is 31.8 Å². The number of aromatic amines is 1. The Bertz CT molecular complexity index is 468. The van der Waals surface area contributed by atoms with E-state index in [4.69, 9.17) is 0 Å². The Kier molecular flexibility index (Phi) is 2.91. The maximum absolute atomic E-state index is 4.29. The average Bonchev–Trinajstić information content (AvgIpc) is 2.74. The molecule has 0 aliphatic carbocycles. The van der Waals surface area contributed by atoms with Crippen molar-refractivity contribution in [3.8, 4) is 0 Å². The number of hydrogen-bond acceptors (Lipinski definition) is 5. The van der Waals surface area contributed by atoms with Crippen LogP contribution in [0.1, 0.15) is 35.7 Å². The van der Waals surface area contributed by atoms with Crippen LogP contribution in [-0.2, 0) is 0 Å². The van der Waals surface area contributed by atoms with E-state index in [9.17, 15) is 0 Å². The van der Waals surface area contributed by atoms with E-state index in [-0.39, 0.29) is 6.04 Å². The lowest BCUT2D eigenvalue weighted by Gasteiger charge is -2.12. The van der Waals surface area contributed by atoms with Crippen LogP contribution in [-0.4, -0.2) is 19.6 Å². The minimum atomic E-state index is 0.186. The van der Waals surface area contributed by atoms with Crippen LogP contribution in [0.2, 0.25) is 0 Å². The molecule has 0 radical (unpaired) electrons. The summed E-state index contributed by atoms with van der Waals surface area (Å²) in [4.78, 5) is 4.29. The van der Waals surface area contributed by atoms with Gasteiger partial charge < -0.3 is 5.32 Å². The molecular weight excluding hydrogens is 222 g/mol. The molecule has 0 aromatic carbocycles. The maximum Gasteiger partial charge on any atom is 0.203 e. The standard InChI is InChI=1S/C10H15N5S/c1-5(9-6(2)13-14-7(9)3)11-10-12-8(4)15-16-10/h5H,1-4H3,(H,13,14)(H,11,12,15). The predicted octanol–water partition coefficient (Wildman–Crippen LogP) is 2.36. The minimum Gasteiger partial charge on any atom is -0.354 e. The Balaban J connectivity index is 2.17. The first-order valence-electron chi connectivity index (χ1n) is 5.16. The van der Waals surface area contributed by atoms with E-state index in [0.29, 0.717) is 0 Å². The maximum atomic E-state index is 4.29. The molecule has 2 rings (SSSR count). The van der Waals surface area contributed by atoms with Gasteiger partial charge in [-0.15, -0.1) is 0 Å². The van der Waals surface area contributed by atoms with Crippen LogP contribution in [0, 0.1) is 20.8 Å². The van der Waals surface area contributed by atoms with Crippen LogP contribution in [0.5, 0.6) is 0 Å². The molecule has 0 saturated heterocycles. The van der Waals surface area contributed by atoms with Crippen LogP contribution in [0.15, 0.2) is 0 Å². The fourth-order valence-corrected chi connectivity index (χ4v) is 2.47. The zero-order chi connectivity index (χ0) is 11.7. The first-order valence-corrected chi connectivity index (χ1v) is 5.93. The molecule has 6 heteroatoms. The Labute approximate surface area is 98.5 Å². The van der Waals surface area contributed by atoms with Gasteiger partial charge in [-0.1, -0.05) is 0 Å². The smallest absolute Gasteiger partial charge is 0.203 e. The molecule has 1 unspecified atom stereocenters. The first kappa shape index (κ1) is 11.1. The molecule has 1 atom stereocenters. The van der Waals surface area contributed by atoms with Crippen molar-refractivity contribution in [1.29, 1.82) is 0 Å². The van der Waals surface area contributed by atoms with Crippen molar-refractivity contribution in [3.63, 3.8) is 0 Å². The van der Waals surface area contributed by atoms with Crippen molar-refractivity contribution in [1.82, 2.24) is 19.6 Å². The number of aromatic nitrogens is 4. The highest BCUT2D eigenvalue weighted by Crippen LogP contribution is 2.24. The highest BCUT2D eigenvalue weighted by atomic mass is 32.1. The molecule has 86 valence electrons. The number of nitrogens with zero attached hydrogens (tertiary/aromatic N) is 3. The average molecular weight is 237 g/mol. The van der Waals surface area contributed by atoms with E-state index in [1.54, 1.807) is 0 Å². The van der Waals surface area contributed by atoms with Gasteiger partial charge in [-0.05, 0) is 27.7 Å². The van der Waals surface area contributed by atoms with Gasteiger partial charge >= 0.3 is 0 Å². The lowest BCUT2D eigenvalue weighted by molar-refractivity contribution is 0.861. The van der Waals surface area contributed by atoms with Crippen LogP contribution in [0.25, 0.3) is 0 Å². The predicted molar refractivity (Wildman–Crippen MR) is 64.7 cm³/mol. The molecule has 0 aliphatic heterocycles. The van der Waals surface area contributed by atoms with Gasteiger partial charge in [0.2, 0.25) is 5.13 Å². The van der Waals surface area contributed by atoms with Crippen molar-refractivity contribution in [2.75, 3.05) is 5.32 Å². The van der Waals surface area contributed by atoms with Crippen LogP contribution in [0.3, 0.4) is 0 Å². The fourth-order valence-electron chi connectivity index (χ4n) is 1.81. The Hall–Kier alpha value is -1.43.